The number of benzene rings is 2. The number of pyridine rings is 2. The van der Waals surface area contributed by atoms with Crippen LogP contribution in [-0.4, -0.2) is 15.9 Å². The highest BCUT2D eigenvalue weighted by Crippen LogP contribution is 2.43. The Hall–Kier alpha value is -3.73. The lowest BCUT2D eigenvalue weighted by atomic mass is 9.84. The second kappa shape index (κ2) is 8.90. The number of nitrogens with one attached hydrogen (secondary N) is 1. The molecule has 1 aliphatic carbocycles. The van der Waals surface area contributed by atoms with Gasteiger partial charge in [0.25, 0.3) is 0 Å². The van der Waals surface area contributed by atoms with Gasteiger partial charge in [-0.25, -0.2) is 9.97 Å². The Labute approximate surface area is 200 Å². The number of fused-ring (bicyclic) bond motifs is 1. The van der Waals surface area contributed by atoms with Gasteiger partial charge in [0.1, 0.15) is 11.6 Å². The van der Waals surface area contributed by atoms with Gasteiger partial charge in [-0.05, 0) is 91.4 Å². The first-order chi connectivity index (χ1) is 16.4. The number of amides is 1. The molecule has 1 amide bonds. The van der Waals surface area contributed by atoms with Crippen molar-refractivity contribution < 1.29 is 4.79 Å². The lowest BCUT2D eigenvalue weighted by Crippen LogP contribution is -2.25. The van der Waals surface area contributed by atoms with Crippen LogP contribution in [-0.2, 0) is 4.79 Å². The van der Waals surface area contributed by atoms with Crippen LogP contribution >= 0.6 is 0 Å². The Morgan fingerprint density at radius 3 is 2.59 bits per heavy atom. The molecule has 5 heteroatoms. The van der Waals surface area contributed by atoms with Gasteiger partial charge in [-0.2, -0.15) is 0 Å². The van der Waals surface area contributed by atoms with Crippen LogP contribution in [0.5, 0.6) is 0 Å². The third kappa shape index (κ3) is 4.14. The molecule has 3 N–H and O–H groups in total. The van der Waals surface area contributed by atoms with Crippen molar-refractivity contribution in [1.82, 2.24) is 9.97 Å². The second-order valence-corrected chi connectivity index (χ2v) is 9.46. The predicted octanol–water partition coefficient (Wildman–Crippen LogP) is 6.33. The van der Waals surface area contributed by atoms with Crippen LogP contribution in [0.2, 0.25) is 0 Å². The summed E-state index contributed by atoms with van der Waals surface area (Å²) in [4.78, 5) is 22.3. The lowest BCUT2D eigenvalue weighted by molar-refractivity contribution is -0.120. The Kier molecular flexibility index (Phi) is 5.78. The molecular formula is C29H30N4O. The van der Waals surface area contributed by atoms with E-state index in [9.17, 15) is 4.79 Å². The smallest absolute Gasteiger partial charge is 0.229 e. The van der Waals surface area contributed by atoms with Crippen LogP contribution in [0.25, 0.3) is 21.9 Å². The van der Waals surface area contributed by atoms with Crippen LogP contribution in [0, 0.1) is 26.7 Å². The number of hydrogen-bond donors (Lipinski definition) is 2. The molecule has 34 heavy (non-hydrogen) atoms. The van der Waals surface area contributed by atoms with Crippen molar-refractivity contribution in [2.45, 2.75) is 46.0 Å². The number of rotatable bonds is 4. The van der Waals surface area contributed by atoms with Gasteiger partial charge >= 0.3 is 0 Å². The van der Waals surface area contributed by atoms with Crippen LogP contribution in [0.1, 0.15) is 47.6 Å². The average molecular weight is 451 g/mol. The largest absolute Gasteiger partial charge is 0.383 e. The molecule has 1 aliphatic rings. The Morgan fingerprint density at radius 2 is 1.82 bits per heavy atom. The Morgan fingerprint density at radius 1 is 1.00 bits per heavy atom. The summed E-state index contributed by atoms with van der Waals surface area (Å²) in [5.74, 6) is 1.25. The van der Waals surface area contributed by atoms with E-state index in [1.807, 2.05) is 37.4 Å². The molecule has 0 spiro atoms. The summed E-state index contributed by atoms with van der Waals surface area (Å²) >= 11 is 0. The quantitative estimate of drug-likeness (QED) is 0.381. The molecule has 2 unspecified atom stereocenters. The highest BCUT2D eigenvalue weighted by atomic mass is 16.2. The van der Waals surface area contributed by atoms with E-state index in [1.54, 1.807) is 0 Å². The van der Waals surface area contributed by atoms with E-state index in [0.717, 1.165) is 46.9 Å². The number of aromatic nitrogens is 2. The molecule has 2 heterocycles. The Bertz CT molecular complexity index is 1380. The first-order valence-corrected chi connectivity index (χ1v) is 11.9. The van der Waals surface area contributed by atoms with Crippen molar-refractivity contribution >= 4 is 28.3 Å². The number of nitrogen functional groups attached to an aromatic ring is 1. The number of nitrogens with two attached hydrogens (primary N) is 1. The zero-order valence-electron chi connectivity index (χ0n) is 19.9. The maximum Gasteiger partial charge on any atom is 0.229 e. The Balaban J connectivity index is 1.37. The lowest BCUT2D eigenvalue weighted by Gasteiger charge is -2.22. The third-order valence-electron chi connectivity index (χ3n) is 7.10. The number of nitrogens with zero attached hydrogens (tertiary/aromatic N) is 2. The molecule has 0 radical (unpaired) electrons. The van der Waals surface area contributed by atoms with Crippen molar-refractivity contribution in [1.29, 1.82) is 0 Å². The first-order valence-electron chi connectivity index (χ1n) is 11.9. The second-order valence-electron chi connectivity index (χ2n) is 9.46. The molecule has 1 fully saturated rings. The van der Waals surface area contributed by atoms with Crippen LogP contribution in [0.15, 0.2) is 60.8 Å². The zero-order chi connectivity index (χ0) is 23.8. The summed E-state index contributed by atoms with van der Waals surface area (Å²) in [5.41, 5.74) is 12.9. The fourth-order valence-corrected chi connectivity index (χ4v) is 5.38. The molecule has 0 saturated heterocycles. The standard InChI is InChI=1S/C29H30N4O/c1-17-7-4-5-8-22(17)20-11-12-27(31-16-20)33-29(34)24-10-6-9-23(24)25-15-26-21(13-18(25)2)14-19(3)32-28(26)30/h4-5,7-8,11-16,23-24H,6,9-10H2,1-3H3,(H2,30,32)(H,31,33,34). The summed E-state index contributed by atoms with van der Waals surface area (Å²) in [7, 11) is 0. The predicted molar refractivity (Wildman–Crippen MR) is 139 cm³/mol. The van der Waals surface area contributed by atoms with Gasteiger partial charge in [0.05, 0.1) is 0 Å². The van der Waals surface area contributed by atoms with Crippen molar-refractivity contribution in [2.75, 3.05) is 11.1 Å². The van der Waals surface area contributed by atoms with E-state index >= 15 is 0 Å². The van der Waals surface area contributed by atoms with Crippen molar-refractivity contribution in [3.05, 3.63) is 83.2 Å². The minimum Gasteiger partial charge on any atom is -0.383 e. The zero-order valence-corrected chi connectivity index (χ0v) is 19.9. The molecule has 0 bridgehead atoms. The molecule has 2 aromatic heterocycles. The number of carbonyl (C=O) groups excluding carboxylic acids is 1. The molecule has 5 nitrogen and oxygen atoms in total. The van der Waals surface area contributed by atoms with E-state index in [1.165, 1.54) is 16.7 Å². The first kappa shape index (κ1) is 22.1. The molecule has 5 rings (SSSR count). The number of anilines is 2. The molecule has 0 aliphatic heterocycles. The van der Waals surface area contributed by atoms with Gasteiger partial charge in [-0.15, -0.1) is 0 Å². The van der Waals surface area contributed by atoms with Gasteiger partial charge in [-0.3, -0.25) is 4.79 Å². The molecule has 1 saturated carbocycles. The summed E-state index contributed by atoms with van der Waals surface area (Å²) in [6.07, 6.45) is 4.72. The van der Waals surface area contributed by atoms with Crippen molar-refractivity contribution in [3.8, 4) is 11.1 Å². The minimum atomic E-state index is -0.0892. The van der Waals surface area contributed by atoms with Gasteiger partial charge in [0, 0.05) is 28.8 Å². The fourth-order valence-electron chi connectivity index (χ4n) is 5.38. The normalized spacial score (nSPS) is 17.7. The summed E-state index contributed by atoms with van der Waals surface area (Å²) in [6.45, 7) is 6.17. The van der Waals surface area contributed by atoms with E-state index < -0.39 is 0 Å². The summed E-state index contributed by atoms with van der Waals surface area (Å²) < 4.78 is 0. The monoisotopic (exact) mass is 450 g/mol. The maximum absolute atomic E-state index is 13.3. The molecule has 4 aromatic rings. The molecule has 2 aromatic carbocycles. The van der Waals surface area contributed by atoms with Crippen molar-refractivity contribution in [2.24, 2.45) is 5.92 Å². The highest BCUT2D eigenvalue weighted by molar-refractivity contribution is 5.94. The SMILES string of the molecule is Cc1cc2cc(C)c(C3CCCC3C(=O)Nc3ccc(-c4ccccc4C)cn3)cc2c(N)n1. The number of carbonyl (C=O) groups is 1. The number of aryl methyl sites for hydroxylation is 3. The summed E-state index contributed by atoms with van der Waals surface area (Å²) in [6, 6.07) is 18.5. The molecule has 2 atom stereocenters. The van der Waals surface area contributed by atoms with E-state index in [4.69, 9.17) is 5.73 Å². The number of hydrogen-bond acceptors (Lipinski definition) is 4. The van der Waals surface area contributed by atoms with E-state index in [2.05, 4.69) is 59.5 Å². The highest BCUT2D eigenvalue weighted by Gasteiger charge is 2.35. The summed E-state index contributed by atoms with van der Waals surface area (Å²) in [5, 5.41) is 5.13. The fraction of sp³-hybridized carbons (Fsp3) is 0.276. The van der Waals surface area contributed by atoms with Gasteiger partial charge < -0.3 is 11.1 Å². The van der Waals surface area contributed by atoms with Crippen LogP contribution in [0.3, 0.4) is 0 Å². The van der Waals surface area contributed by atoms with Crippen LogP contribution < -0.4 is 11.1 Å². The van der Waals surface area contributed by atoms with Gasteiger partial charge in [0.2, 0.25) is 5.91 Å². The van der Waals surface area contributed by atoms with E-state index in [-0.39, 0.29) is 17.7 Å². The molecule has 172 valence electrons. The minimum absolute atomic E-state index is 0.0353. The van der Waals surface area contributed by atoms with Gasteiger partial charge in [-0.1, -0.05) is 36.8 Å². The van der Waals surface area contributed by atoms with Gasteiger partial charge in [0.15, 0.2) is 0 Å². The molecular weight excluding hydrogens is 420 g/mol. The van der Waals surface area contributed by atoms with Crippen molar-refractivity contribution in [3.63, 3.8) is 0 Å². The van der Waals surface area contributed by atoms with Crippen LogP contribution in [0.4, 0.5) is 11.6 Å². The maximum atomic E-state index is 13.3. The topological polar surface area (TPSA) is 80.9 Å². The average Bonchev–Trinajstić information content (AvgIpc) is 3.29. The third-order valence-corrected chi connectivity index (χ3v) is 7.10. The van der Waals surface area contributed by atoms with E-state index in [0.29, 0.717) is 11.6 Å².